The molecule has 90 valence electrons. The van der Waals surface area contributed by atoms with E-state index >= 15 is 0 Å². The van der Waals surface area contributed by atoms with Gasteiger partial charge in [-0.3, -0.25) is 0 Å². The maximum Gasteiger partial charge on any atom is 0.407 e. The summed E-state index contributed by atoms with van der Waals surface area (Å²) in [5, 5.41) is 2.59. The summed E-state index contributed by atoms with van der Waals surface area (Å²) in [6.45, 7) is 6.25. The molecule has 3 N–H and O–H groups in total. The molecule has 0 fully saturated rings. The lowest BCUT2D eigenvalue weighted by atomic mass is 10.1. The Morgan fingerprint density at radius 1 is 1.67 bits per heavy atom. The van der Waals surface area contributed by atoms with Gasteiger partial charge in [0.1, 0.15) is 6.61 Å². The zero-order chi connectivity index (χ0) is 10.8. The molecule has 0 aliphatic rings. The standard InChI is InChI=1S/C10H20N2O2.ClH/c1-3-5-6-9(11)8-12-10(13)14-7-4-2;/h4,9H,2-3,5-8,11H2,1H3,(H,12,13);1H. The Morgan fingerprint density at radius 2 is 2.33 bits per heavy atom. The minimum atomic E-state index is -0.433. The van der Waals surface area contributed by atoms with Gasteiger partial charge in [-0.15, -0.1) is 12.4 Å². The summed E-state index contributed by atoms with van der Waals surface area (Å²) >= 11 is 0. The smallest absolute Gasteiger partial charge is 0.407 e. The SMILES string of the molecule is C=CCOC(=O)NCC(N)CCCC.Cl. The third-order valence-corrected chi connectivity index (χ3v) is 1.77. The van der Waals surface area contributed by atoms with Gasteiger partial charge < -0.3 is 15.8 Å². The first-order chi connectivity index (χ1) is 6.70. The van der Waals surface area contributed by atoms with Gasteiger partial charge in [0.05, 0.1) is 0 Å². The third kappa shape index (κ3) is 11.2. The van der Waals surface area contributed by atoms with Crippen LogP contribution in [0.4, 0.5) is 4.79 Å². The van der Waals surface area contributed by atoms with Crippen LogP contribution < -0.4 is 11.1 Å². The highest BCUT2D eigenvalue weighted by Gasteiger charge is 2.04. The number of halogens is 1. The maximum absolute atomic E-state index is 10.9. The van der Waals surface area contributed by atoms with Crippen molar-refractivity contribution in [1.82, 2.24) is 5.32 Å². The van der Waals surface area contributed by atoms with E-state index in [1.54, 1.807) is 0 Å². The highest BCUT2D eigenvalue weighted by atomic mass is 35.5. The fourth-order valence-electron chi connectivity index (χ4n) is 0.968. The Hall–Kier alpha value is -0.740. The van der Waals surface area contributed by atoms with Crippen molar-refractivity contribution in [2.45, 2.75) is 32.2 Å². The quantitative estimate of drug-likeness (QED) is 0.663. The normalized spacial score (nSPS) is 11.1. The van der Waals surface area contributed by atoms with Crippen molar-refractivity contribution >= 4 is 18.5 Å². The lowest BCUT2D eigenvalue weighted by Gasteiger charge is -2.11. The van der Waals surface area contributed by atoms with Crippen LogP contribution in [0.1, 0.15) is 26.2 Å². The Kier molecular flexibility index (Phi) is 12.6. The summed E-state index contributed by atoms with van der Waals surface area (Å²) in [5.74, 6) is 0. The molecule has 0 aliphatic heterocycles. The summed E-state index contributed by atoms with van der Waals surface area (Å²) in [6, 6.07) is 0.0197. The zero-order valence-electron chi connectivity index (χ0n) is 9.20. The molecule has 0 saturated carbocycles. The topological polar surface area (TPSA) is 64.3 Å². The van der Waals surface area contributed by atoms with E-state index in [9.17, 15) is 4.79 Å². The van der Waals surface area contributed by atoms with Crippen LogP contribution in [-0.2, 0) is 4.74 Å². The van der Waals surface area contributed by atoms with Crippen molar-refractivity contribution in [2.24, 2.45) is 5.73 Å². The molecule has 0 aromatic carbocycles. The van der Waals surface area contributed by atoms with Crippen molar-refractivity contribution in [2.75, 3.05) is 13.2 Å². The van der Waals surface area contributed by atoms with Gasteiger partial charge in [0.15, 0.2) is 0 Å². The van der Waals surface area contributed by atoms with Gasteiger partial charge in [0.2, 0.25) is 0 Å². The van der Waals surface area contributed by atoms with Gasteiger partial charge in [-0.05, 0) is 6.42 Å². The molecule has 1 amide bonds. The molecule has 15 heavy (non-hydrogen) atoms. The van der Waals surface area contributed by atoms with Crippen LogP contribution >= 0.6 is 12.4 Å². The minimum Gasteiger partial charge on any atom is -0.445 e. The van der Waals surface area contributed by atoms with E-state index in [0.717, 1.165) is 19.3 Å². The molecule has 1 unspecified atom stereocenters. The number of ether oxygens (including phenoxy) is 1. The number of carbonyl (C=O) groups is 1. The number of rotatable bonds is 7. The van der Waals surface area contributed by atoms with Gasteiger partial charge in [0, 0.05) is 12.6 Å². The molecule has 0 aromatic rings. The fourth-order valence-corrected chi connectivity index (χ4v) is 0.968. The molecular weight excluding hydrogens is 216 g/mol. The molecule has 1 atom stereocenters. The number of nitrogens with two attached hydrogens (primary N) is 1. The molecule has 0 aliphatic carbocycles. The highest BCUT2D eigenvalue weighted by molar-refractivity contribution is 5.85. The van der Waals surface area contributed by atoms with Crippen molar-refractivity contribution in [3.63, 3.8) is 0 Å². The number of hydrogen-bond donors (Lipinski definition) is 2. The first kappa shape index (κ1) is 16.7. The van der Waals surface area contributed by atoms with Gasteiger partial charge >= 0.3 is 6.09 Å². The van der Waals surface area contributed by atoms with Crippen LogP contribution in [0.5, 0.6) is 0 Å². The van der Waals surface area contributed by atoms with Crippen molar-refractivity contribution in [3.05, 3.63) is 12.7 Å². The van der Waals surface area contributed by atoms with Crippen molar-refractivity contribution < 1.29 is 9.53 Å². The lowest BCUT2D eigenvalue weighted by Crippen LogP contribution is -2.37. The van der Waals surface area contributed by atoms with Crippen LogP contribution in [0.25, 0.3) is 0 Å². The Morgan fingerprint density at radius 3 is 2.87 bits per heavy atom. The summed E-state index contributed by atoms with van der Waals surface area (Å²) in [5.41, 5.74) is 5.75. The second kappa shape index (κ2) is 11.3. The molecule has 0 rings (SSSR count). The molecule has 4 nitrogen and oxygen atoms in total. The number of nitrogens with one attached hydrogen (secondary N) is 1. The van der Waals surface area contributed by atoms with Crippen LogP contribution in [0.2, 0.25) is 0 Å². The van der Waals surface area contributed by atoms with Gasteiger partial charge in [-0.1, -0.05) is 32.4 Å². The summed E-state index contributed by atoms with van der Waals surface area (Å²) in [6.07, 6.45) is 4.23. The van der Waals surface area contributed by atoms with Gasteiger partial charge in [-0.25, -0.2) is 4.79 Å². The van der Waals surface area contributed by atoms with E-state index in [1.165, 1.54) is 6.08 Å². The van der Waals surface area contributed by atoms with Crippen LogP contribution in [-0.4, -0.2) is 25.3 Å². The average Bonchev–Trinajstić information content (AvgIpc) is 2.20. The van der Waals surface area contributed by atoms with E-state index < -0.39 is 6.09 Å². The Labute approximate surface area is 97.7 Å². The Balaban J connectivity index is 0. The van der Waals surface area contributed by atoms with Crippen LogP contribution in [0.15, 0.2) is 12.7 Å². The predicted octanol–water partition coefficient (Wildman–Crippen LogP) is 1.84. The molecule has 0 radical (unpaired) electrons. The van der Waals surface area contributed by atoms with Crippen molar-refractivity contribution in [1.29, 1.82) is 0 Å². The van der Waals surface area contributed by atoms with Gasteiger partial charge in [-0.2, -0.15) is 0 Å². The summed E-state index contributed by atoms with van der Waals surface area (Å²) in [7, 11) is 0. The second-order valence-electron chi connectivity index (χ2n) is 3.17. The molecular formula is C10H21ClN2O2. The van der Waals surface area contributed by atoms with E-state index in [1.807, 2.05) is 0 Å². The minimum absolute atomic E-state index is 0. The first-order valence-corrected chi connectivity index (χ1v) is 4.97. The zero-order valence-corrected chi connectivity index (χ0v) is 10.0. The van der Waals surface area contributed by atoms with E-state index in [-0.39, 0.29) is 25.1 Å². The largest absolute Gasteiger partial charge is 0.445 e. The van der Waals surface area contributed by atoms with E-state index in [0.29, 0.717) is 6.54 Å². The average molecular weight is 237 g/mol. The summed E-state index contributed by atoms with van der Waals surface area (Å²) < 4.78 is 4.72. The lowest BCUT2D eigenvalue weighted by molar-refractivity contribution is 0.157. The number of carbonyl (C=O) groups excluding carboxylic acids is 1. The van der Waals surface area contributed by atoms with E-state index in [2.05, 4.69) is 18.8 Å². The Bertz CT molecular complexity index is 177. The molecule has 5 heteroatoms. The molecule has 0 saturated heterocycles. The number of alkyl carbamates (subject to hydrolysis) is 1. The second-order valence-corrected chi connectivity index (χ2v) is 3.17. The highest BCUT2D eigenvalue weighted by Crippen LogP contribution is 1.96. The molecule has 0 aromatic heterocycles. The predicted molar refractivity (Wildman–Crippen MR) is 64.3 cm³/mol. The van der Waals surface area contributed by atoms with Gasteiger partial charge in [0.25, 0.3) is 0 Å². The fraction of sp³-hybridized carbons (Fsp3) is 0.700. The van der Waals surface area contributed by atoms with Crippen LogP contribution in [0, 0.1) is 0 Å². The van der Waals surface area contributed by atoms with E-state index in [4.69, 9.17) is 10.5 Å². The third-order valence-electron chi connectivity index (χ3n) is 1.77. The molecule has 0 spiro atoms. The number of unbranched alkanes of at least 4 members (excludes halogenated alkanes) is 1. The number of amides is 1. The first-order valence-electron chi connectivity index (χ1n) is 4.97. The maximum atomic E-state index is 10.9. The summed E-state index contributed by atoms with van der Waals surface area (Å²) in [4.78, 5) is 10.9. The monoisotopic (exact) mass is 236 g/mol. The molecule has 0 bridgehead atoms. The number of hydrogen-bond acceptors (Lipinski definition) is 3. The molecule has 0 heterocycles. The van der Waals surface area contributed by atoms with Crippen LogP contribution in [0.3, 0.4) is 0 Å². The van der Waals surface area contributed by atoms with Crippen molar-refractivity contribution in [3.8, 4) is 0 Å².